The predicted octanol–water partition coefficient (Wildman–Crippen LogP) is 6.79. The molecule has 1 aliphatic heterocycles. The molecule has 0 atom stereocenters. The molecule has 1 heterocycles. The molecule has 5 rings (SSSR count). The van der Waals surface area contributed by atoms with Gasteiger partial charge in [-0.1, -0.05) is 57.2 Å². The van der Waals surface area contributed by atoms with Gasteiger partial charge in [0.2, 0.25) is 0 Å². The van der Waals surface area contributed by atoms with E-state index < -0.39 is 5.72 Å². The normalized spacial score (nSPS) is 16.8. The van der Waals surface area contributed by atoms with Crippen LogP contribution in [0.1, 0.15) is 67.9 Å². The van der Waals surface area contributed by atoms with E-state index in [4.69, 9.17) is 4.74 Å². The van der Waals surface area contributed by atoms with Crippen molar-refractivity contribution in [2.45, 2.75) is 64.1 Å². The lowest BCUT2D eigenvalue weighted by molar-refractivity contribution is -0.162. The van der Waals surface area contributed by atoms with Crippen LogP contribution in [-0.2, 0) is 21.5 Å². The van der Waals surface area contributed by atoms with Gasteiger partial charge in [0, 0.05) is 29.8 Å². The van der Waals surface area contributed by atoms with E-state index in [9.17, 15) is 9.59 Å². The van der Waals surface area contributed by atoms with Crippen LogP contribution in [0.2, 0.25) is 0 Å². The fourth-order valence-corrected chi connectivity index (χ4v) is 5.24. The average Bonchev–Trinajstić information content (AvgIpc) is 3.45. The molecule has 1 amide bonds. The van der Waals surface area contributed by atoms with Crippen LogP contribution in [-0.4, -0.2) is 23.0 Å². The van der Waals surface area contributed by atoms with Crippen molar-refractivity contribution in [3.63, 3.8) is 0 Å². The Kier molecular flexibility index (Phi) is 5.87. The van der Waals surface area contributed by atoms with Gasteiger partial charge in [-0.2, -0.15) is 0 Å². The SMILES string of the molecule is CC(C)(C)c1ccc(Nc2ccc(-c3ccc4c(c3)C(=O)N(C3(OC=O)CCCC3)C4)cc2)cc1. The lowest BCUT2D eigenvalue weighted by Crippen LogP contribution is -2.48. The van der Waals surface area contributed by atoms with Gasteiger partial charge in [-0.05, 0) is 70.8 Å². The first-order chi connectivity index (χ1) is 16.8. The summed E-state index contributed by atoms with van der Waals surface area (Å²) in [5, 5.41) is 3.46. The van der Waals surface area contributed by atoms with Gasteiger partial charge in [-0.25, -0.2) is 0 Å². The zero-order valence-corrected chi connectivity index (χ0v) is 20.6. The van der Waals surface area contributed by atoms with E-state index in [0.29, 0.717) is 31.4 Å². The Bertz CT molecular complexity index is 1230. The number of nitrogens with zero attached hydrogens (tertiary/aromatic N) is 1. The second-order valence-corrected chi connectivity index (χ2v) is 10.7. The van der Waals surface area contributed by atoms with Crippen molar-refractivity contribution >= 4 is 23.8 Å². The van der Waals surface area contributed by atoms with Crippen LogP contribution in [0.5, 0.6) is 0 Å². The molecule has 180 valence electrons. The summed E-state index contributed by atoms with van der Waals surface area (Å²) in [6.07, 6.45) is 3.32. The largest absolute Gasteiger partial charge is 0.441 e. The van der Waals surface area contributed by atoms with Crippen molar-refractivity contribution in [1.29, 1.82) is 0 Å². The summed E-state index contributed by atoms with van der Waals surface area (Å²) < 4.78 is 5.49. The van der Waals surface area contributed by atoms with Crippen LogP contribution in [0.3, 0.4) is 0 Å². The number of nitrogens with one attached hydrogen (secondary N) is 1. The Hall–Kier alpha value is -3.60. The first kappa shape index (κ1) is 23.2. The third-order valence-electron chi connectivity index (χ3n) is 7.32. The summed E-state index contributed by atoms with van der Waals surface area (Å²) in [5.41, 5.74) is 6.43. The number of anilines is 2. The molecule has 3 aromatic rings. The number of fused-ring (bicyclic) bond motifs is 1. The quantitative estimate of drug-likeness (QED) is 0.405. The molecule has 3 aromatic carbocycles. The van der Waals surface area contributed by atoms with E-state index in [0.717, 1.165) is 40.9 Å². The van der Waals surface area contributed by atoms with Crippen LogP contribution < -0.4 is 5.32 Å². The molecule has 0 radical (unpaired) electrons. The molecular weight excluding hydrogens is 436 g/mol. The molecule has 35 heavy (non-hydrogen) atoms. The Morgan fingerprint density at radius 2 is 1.49 bits per heavy atom. The van der Waals surface area contributed by atoms with Gasteiger partial charge in [-0.15, -0.1) is 0 Å². The maximum absolute atomic E-state index is 13.3. The highest BCUT2D eigenvalue weighted by atomic mass is 16.6. The van der Waals surface area contributed by atoms with Crippen molar-refractivity contribution < 1.29 is 14.3 Å². The summed E-state index contributed by atoms with van der Waals surface area (Å²) in [6.45, 7) is 7.61. The van der Waals surface area contributed by atoms with Gasteiger partial charge in [0.1, 0.15) is 0 Å². The van der Waals surface area contributed by atoms with Crippen molar-refractivity contribution in [3.8, 4) is 11.1 Å². The highest BCUT2D eigenvalue weighted by Crippen LogP contribution is 2.41. The van der Waals surface area contributed by atoms with Crippen molar-refractivity contribution in [2.75, 3.05) is 5.32 Å². The van der Waals surface area contributed by atoms with Gasteiger partial charge in [0.25, 0.3) is 12.4 Å². The molecule has 1 aliphatic carbocycles. The number of carbonyl (C=O) groups excluding carboxylic acids is 2. The number of carbonyl (C=O) groups is 2. The second-order valence-electron chi connectivity index (χ2n) is 10.7. The van der Waals surface area contributed by atoms with E-state index in [2.05, 4.69) is 80.7 Å². The maximum atomic E-state index is 13.3. The summed E-state index contributed by atoms with van der Waals surface area (Å²) in [5.74, 6) is -0.0532. The predicted molar refractivity (Wildman–Crippen MR) is 139 cm³/mol. The van der Waals surface area contributed by atoms with Gasteiger partial charge >= 0.3 is 0 Å². The Morgan fingerprint density at radius 1 is 0.886 bits per heavy atom. The zero-order chi connectivity index (χ0) is 24.6. The topological polar surface area (TPSA) is 58.6 Å². The Balaban J connectivity index is 1.32. The van der Waals surface area contributed by atoms with E-state index in [1.54, 1.807) is 4.90 Å². The minimum absolute atomic E-state index is 0.0532. The Morgan fingerprint density at radius 3 is 2.09 bits per heavy atom. The number of ether oxygens (including phenoxy) is 1. The highest BCUT2D eigenvalue weighted by molar-refractivity contribution is 6.00. The minimum atomic E-state index is -0.795. The van der Waals surface area contributed by atoms with E-state index in [1.807, 2.05) is 12.1 Å². The molecule has 0 unspecified atom stereocenters. The smallest absolute Gasteiger partial charge is 0.295 e. The Labute approximate surface area is 207 Å². The van der Waals surface area contributed by atoms with Crippen molar-refractivity contribution in [3.05, 3.63) is 83.4 Å². The second kappa shape index (κ2) is 8.88. The monoisotopic (exact) mass is 468 g/mol. The van der Waals surface area contributed by atoms with Crippen molar-refractivity contribution in [1.82, 2.24) is 4.90 Å². The van der Waals surface area contributed by atoms with E-state index >= 15 is 0 Å². The van der Waals surface area contributed by atoms with E-state index in [1.165, 1.54) is 5.56 Å². The molecule has 0 aromatic heterocycles. The summed E-state index contributed by atoms with van der Waals surface area (Å²) in [6, 6.07) is 22.8. The molecule has 2 aliphatic rings. The van der Waals surface area contributed by atoms with Gasteiger partial charge in [0.15, 0.2) is 5.72 Å². The van der Waals surface area contributed by atoms with Gasteiger partial charge < -0.3 is 10.1 Å². The van der Waals surface area contributed by atoms with Crippen LogP contribution >= 0.6 is 0 Å². The lowest BCUT2D eigenvalue weighted by atomic mass is 9.87. The van der Waals surface area contributed by atoms with Crippen LogP contribution in [0, 0.1) is 0 Å². The van der Waals surface area contributed by atoms with Gasteiger partial charge in [-0.3, -0.25) is 14.5 Å². The molecule has 0 spiro atoms. The minimum Gasteiger partial charge on any atom is -0.441 e. The van der Waals surface area contributed by atoms with E-state index in [-0.39, 0.29) is 11.3 Å². The summed E-state index contributed by atoms with van der Waals surface area (Å²) in [4.78, 5) is 26.2. The van der Waals surface area contributed by atoms with Crippen LogP contribution in [0.15, 0.2) is 66.7 Å². The number of hydrogen-bond donors (Lipinski definition) is 1. The molecule has 1 fully saturated rings. The molecule has 5 heteroatoms. The number of amides is 1. The lowest BCUT2D eigenvalue weighted by Gasteiger charge is -2.36. The molecule has 1 saturated carbocycles. The molecule has 0 saturated heterocycles. The number of benzene rings is 3. The maximum Gasteiger partial charge on any atom is 0.295 e. The number of hydrogen-bond acceptors (Lipinski definition) is 4. The fourth-order valence-electron chi connectivity index (χ4n) is 5.24. The highest BCUT2D eigenvalue weighted by Gasteiger charge is 2.47. The summed E-state index contributed by atoms with van der Waals surface area (Å²) in [7, 11) is 0. The fraction of sp³-hybridized carbons (Fsp3) is 0.333. The third kappa shape index (κ3) is 4.43. The van der Waals surface area contributed by atoms with Gasteiger partial charge in [0.05, 0.1) is 6.54 Å². The molecule has 0 bridgehead atoms. The van der Waals surface area contributed by atoms with Crippen molar-refractivity contribution in [2.24, 2.45) is 0 Å². The molecule has 1 N–H and O–H groups in total. The number of rotatable bonds is 6. The van der Waals surface area contributed by atoms with Crippen LogP contribution in [0.25, 0.3) is 11.1 Å². The first-order valence-electron chi connectivity index (χ1n) is 12.3. The zero-order valence-electron chi connectivity index (χ0n) is 20.6. The molecule has 5 nitrogen and oxygen atoms in total. The van der Waals surface area contributed by atoms with Crippen LogP contribution in [0.4, 0.5) is 11.4 Å². The average molecular weight is 469 g/mol. The standard InChI is InChI=1S/C30H32N2O3/c1-29(2,3)24-10-14-26(15-11-24)31-25-12-8-21(9-13-25)22-6-7-23-19-32(28(34)27(23)18-22)30(35-20-33)16-4-5-17-30/h6-15,18,20,31H,4-5,16-17,19H2,1-3H3. The molecular formula is C30H32N2O3. The third-order valence-corrected chi connectivity index (χ3v) is 7.32. The summed E-state index contributed by atoms with van der Waals surface area (Å²) >= 11 is 0. The first-order valence-corrected chi connectivity index (χ1v) is 12.3.